The van der Waals surface area contributed by atoms with E-state index in [0.717, 1.165) is 35.6 Å². The minimum Gasteiger partial charge on any atom is -0.493 e. The standard InChI is InChI=1S/C19H23N3O4S/c1-22-6-5-11-14(9-22)27-19-15(11)18(23)20-17(21-19)10-7-12(24-2)16(26-4)13(8-10)25-3/h7-8,17,21H,5-6,9H2,1-4H3,(H,20,23)/t17-/m0/s1. The molecule has 2 aliphatic rings. The zero-order valence-corrected chi connectivity index (χ0v) is 16.7. The molecule has 7 nitrogen and oxygen atoms in total. The summed E-state index contributed by atoms with van der Waals surface area (Å²) in [7, 11) is 6.83. The van der Waals surface area contributed by atoms with Crippen molar-refractivity contribution in [2.75, 3.05) is 40.2 Å². The Morgan fingerprint density at radius 3 is 2.44 bits per heavy atom. The predicted octanol–water partition coefficient (Wildman–Crippen LogP) is 2.62. The smallest absolute Gasteiger partial charge is 0.256 e. The van der Waals surface area contributed by atoms with Crippen LogP contribution in [0.15, 0.2) is 12.1 Å². The van der Waals surface area contributed by atoms with E-state index in [4.69, 9.17) is 14.2 Å². The third kappa shape index (κ3) is 2.98. The Morgan fingerprint density at radius 1 is 1.11 bits per heavy atom. The molecule has 1 aromatic heterocycles. The number of carbonyl (C=O) groups excluding carboxylic acids is 1. The number of hydrogen-bond acceptors (Lipinski definition) is 7. The van der Waals surface area contributed by atoms with Crippen LogP contribution in [0.25, 0.3) is 0 Å². The molecular weight excluding hydrogens is 366 g/mol. The van der Waals surface area contributed by atoms with E-state index in [1.165, 1.54) is 10.4 Å². The van der Waals surface area contributed by atoms with Crippen molar-refractivity contribution < 1.29 is 19.0 Å². The summed E-state index contributed by atoms with van der Waals surface area (Å²) in [5.74, 6) is 1.60. The minimum absolute atomic E-state index is 0.0374. The van der Waals surface area contributed by atoms with Gasteiger partial charge in [0.1, 0.15) is 11.2 Å². The van der Waals surface area contributed by atoms with Crippen molar-refractivity contribution in [3.63, 3.8) is 0 Å². The summed E-state index contributed by atoms with van der Waals surface area (Å²) in [5.41, 5.74) is 2.82. The van der Waals surface area contributed by atoms with Crippen LogP contribution in [0.1, 0.15) is 32.5 Å². The largest absolute Gasteiger partial charge is 0.493 e. The van der Waals surface area contributed by atoms with Crippen molar-refractivity contribution in [2.24, 2.45) is 0 Å². The van der Waals surface area contributed by atoms with Gasteiger partial charge in [0.05, 0.1) is 26.9 Å². The lowest BCUT2D eigenvalue weighted by Crippen LogP contribution is -2.38. The molecule has 2 aliphatic heterocycles. The number of methoxy groups -OCH3 is 3. The molecule has 0 unspecified atom stereocenters. The van der Waals surface area contributed by atoms with E-state index in [2.05, 4.69) is 22.6 Å². The topological polar surface area (TPSA) is 72.1 Å². The summed E-state index contributed by atoms with van der Waals surface area (Å²) in [6, 6.07) is 3.71. The summed E-state index contributed by atoms with van der Waals surface area (Å²) in [5, 5.41) is 7.47. The minimum atomic E-state index is -0.364. The fraction of sp³-hybridized carbons (Fsp3) is 0.421. The Kier molecular flexibility index (Phi) is 4.61. The van der Waals surface area contributed by atoms with Gasteiger partial charge in [-0.15, -0.1) is 11.3 Å². The van der Waals surface area contributed by atoms with Gasteiger partial charge in [0.2, 0.25) is 5.75 Å². The second-order valence-electron chi connectivity index (χ2n) is 6.71. The molecule has 2 N–H and O–H groups in total. The molecule has 1 amide bonds. The number of hydrogen-bond donors (Lipinski definition) is 2. The van der Waals surface area contributed by atoms with Crippen LogP contribution in [0.2, 0.25) is 0 Å². The fourth-order valence-electron chi connectivity index (χ4n) is 3.68. The molecule has 0 radical (unpaired) electrons. The molecule has 0 spiro atoms. The Balaban J connectivity index is 1.71. The average molecular weight is 389 g/mol. The van der Waals surface area contributed by atoms with E-state index in [1.807, 2.05) is 12.1 Å². The number of likely N-dealkylation sites (N-methyl/N-ethyl adjacent to an activating group) is 1. The maximum atomic E-state index is 12.9. The zero-order valence-electron chi connectivity index (χ0n) is 15.8. The van der Waals surface area contributed by atoms with Gasteiger partial charge in [0, 0.05) is 23.5 Å². The lowest BCUT2D eigenvalue weighted by Gasteiger charge is -2.28. The van der Waals surface area contributed by atoms with E-state index < -0.39 is 0 Å². The average Bonchev–Trinajstić information content (AvgIpc) is 3.04. The quantitative estimate of drug-likeness (QED) is 0.838. The second-order valence-corrected chi connectivity index (χ2v) is 7.81. The number of thiophene rings is 1. The number of rotatable bonds is 4. The molecule has 8 heteroatoms. The Labute approximate surface area is 162 Å². The first kappa shape index (κ1) is 17.9. The molecule has 3 heterocycles. The van der Waals surface area contributed by atoms with Gasteiger partial charge in [-0.1, -0.05) is 0 Å². The summed E-state index contributed by atoms with van der Waals surface area (Å²) in [6.07, 6.45) is 0.540. The van der Waals surface area contributed by atoms with E-state index in [1.54, 1.807) is 32.7 Å². The molecule has 0 saturated heterocycles. The van der Waals surface area contributed by atoms with E-state index in [9.17, 15) is 4.79 Å². The van der Waals surface area contributed by atoms with Gasteiger partial charge in [-0.25, -0.2) is 0 Å². The van der Waals surface area contributed by atoms with Gasteiger partial charge in [-0.05, 0) is 31.2 Å². The number of amides is 1. The lowest BCUT2D eigenvalue weighted by molar-refractivity contribution is 0.0934. The highest BCUT2D eigenvalue weighted by molar-refractivity contribution is 7.16. The first-order valence-corrected chi connectivity index (χ1v) is 9.57. The molecule has 2 aromatic rings. The molecule has 0 bridgehead atoms. The van der Waals surface area contributed by atoms with Gasteiger partial charge < -0.3 is 29.7 Å². The lowest BCUT2D eigenvalue weighted by atomic mass is 10.0. The number of ether oxygens (including phenoxy) is 3. The summed E-state index contributed by atoms with van der Waals surface area (Å²) in [4.78, 5) is 16.4. The van der Waals surface area contributed by atoms with Crippen molar-refractivity contribution in [1.82, 2.24) is 10.2 Å². The van der Waals surface area contributed by atoms with E-state index in [-0.39, 0.29) is 12.1 Å². The normalized spacial score (nSPS) is 18.8. The summed E-state index contributed by atoms with van der Waals surface area (Å²) < 4.78 is 16.3. The van der Waals surface area contributed by atoms with Gasteiger partial charge in [0.15, 0.2) is 11.5 Å². The van der Waals surface area contributed by atoms with Gasteiger partial charge in [0.25, 0.3) is 5.91 Å². The molecule has 1 aromatic carbocycles. The summed E-state index contributed by atoms with van der Waals surface area (Å²) in [6.45, 7) is 1.86. The summed E-state index contributed by atoms with van der Waals surface area (Å²) >= 11 is 1.67. The van der Waals surface area contributed by atoms with Gasteiger partial charge in [-0.2, -0.15) is 0 Å². The van der Waals surface area contributed by atoms with Crippen LogP contribution >= 0.6 is 11.3 Å². The van der Waals surface area contributed by atoms with Crippen LogP contribution in [0.4, 0.5) is 5.00 Å². The van der Waals surface area contributed by atoms with Crippen LogP contribution < -0.4 is 24.8 Å². The monoisotopic (exact) mass is 389 g/mol. The number of nitrogens with zero attached hydrogens (tertiary/aromatic N) is 1. The van der Waals surface area contributed by atoms with Crippen molar-refractivity contribution in [3.05, 3.63) is 33.7 Å². The van der Waals surface area contributed by atoms with Crippen LogP contribution in [-0.2, 0) is 13.0 Å². The number of fused-ring (bicyclic) bond motifs is 3. The molecule has 1 atom stereocenters. The van der Waals surface area contributed by atoms with Gasteiger partial charge >= 0.3 is 0 Å². The Hall–Kier alpha value is -2.45. The molecule has 0 saturated carbocycles. The maximum Gasteiger partial charge on any atom is 0.256 e. The van der Waals surface area contributed by atoms with Crippen LogP contribution in [0, 0.1) is 0 Å². The van der Waals surface area contributed by atoms with Gasteiger partial charge in [-0.3, -0.25) is 4.79 Å². The molecule has 27 heavy (non-hydrogen) atoms. The predicted molar refractivity (Wildman–Crippen MR) is 104 cm³/mol. The van der Waals surface area contributed by atoms with Crippen molar-refractivity contribution in [2.45, 2.75) is 19.1 Å². The number of carbonyl (C=O) groups is 1. The molecule has 0 fully saturated rings. The third-order valence-electron chi connectivity index (χ3n) is 5.05. The molecule has 144 valence electrons. The Bertz CT molecular complexity index is 870. The highest BCUT2D eigenvalue weighted by Gasteiger charge is 2.33. The highest BCUT2D eigenvalue weighted by atomic mass is 32.1. The number of nitrogens with one attached hydrogen (secondary N) is 2. The number of anilines is 1. The molecule has 4 rings (SSSR count). The van der Waals surface area contributed by atoms with Crippen molar-refractivity contribution in [3.8, 4) is 17.2 Å². The fourth-order valence-corrected chi connectivity index (χ4v) is 5.03. The SMILES string of the molecule is COc1cc([C@H]2NC(=O)c3c(sc4c3CCN(C)C4)N2)cc(OC)c1OC. The first-order valence-electron chi connectivity index (χ1n) is 8.76. The first-order chi connectivity index (χ1) is 13.0. The van der Waals surface area contributed by atoms with Crippen LogP contribution in [0.5, 0.6) is 17.2 Å². The van der Waals surface area contributed by atoms with Crippen molar-refractivity contribution >= 4 is 22.2 Å². The van der Waals surface area contributed by atoms with E-state index in [0.29, 0.717) is 17.2 Å². The second kappa shape index (κ2) is 6.94. The maximum absolute atomic E-state index is 12.9. The van der Waals surface area contributed by atoms with Crippen molar-refractivity contribution in [1.29, 1.82) is 0 Å². The Morgan fingerprint density at radius 2 is 1.81 bits per heavy atom. The number of benzene rings is 1. The van der Waals surface area contributed by atoms with Crippen LogP contribution in [0.3, 0.4) is 0 Å². The molecule has 0 aliphatic carbocycles. The van der Waals surface area contributed by atoms with E-state index >= 15 is 0 Å². The third-order valence-corrected chi connectivity index (χ3v) is 6.19. The molecular formula is C19H23N3O4S. The van der Waals surface area contributed by atoms with Crippen LogP contribution in [-0.4, -0.2) is 45.7 Å². The zero-order chi connectivity index (χ0) is 19.1. The highest BCUT2D eigenvalue weighted by Crippen LogP contribution is 2.43.